The van der Waals surface area contributed by atoms with E-state index >= 15 is 0 Å². The summed E-state index contributed by atoms with van der Waals surface area (Å²) in [5.41, 5.74) is 0. The minimum absolute atomic E-state index is 0.310. The van der Waals surface area contributed by atoms with Gasteiger partial charge in [-0.3, -0.25) is 0 Å². The van der Waals surface area contributed by atoms with Crippen LogP contribution in [0, 0.1) is 6.92 Å². The van der Waals surface area contributed by atoms with E-state index in [-0.39, 0.29) is 0 Å². The molecule has 1 unspecified atom stereocenters. The Morgan fingerprint density at radius 3 is 2.56 bits per heavy atom. The standard InChI is InChI=1S/C13H12BrNS3/c1-7-8(14)5-11(17-7)13(15-2)12-6-10-9(18-12)3-4-16-10/h3-6,13,15H,1-2H3. The van der Waals surface area contributed by atoms with E-state index in [1.54, 1.807) is 0 Å². The van der Waals surface area contributed by atoms with Crippen LogP contribution in [0.5, 0.6) is 0 Å². The molecule has 0 aromatic carbocycles. The van der Waals surface area contributed by atoms with E-state index in [1.807, 2.05) is 41.1 Å². The molecule has 1 atom stereocenters. The molecule has 0 aliphatic heterocycles. The molecule has 1 nitrogen and oxygen atoms in total. The normalized spacial score (nSPS) is 13.3. The lowest BCUT2D eigenvalue weighted by Crippen LogP contribution is -2.14. The van der Waals surface area contributed by atoms with E-state index in [0.717, 1.165) is 0 Å². The van der Waals surface area contributed by atoms with Crippen molar-refractivity contribution in [2.75, 3.05) is 7.05 Å². The Balaban J connectivity index is 2.03. The minimum atomic E-state index is 0.310. The molecular formula is C13H12BrNS3. The average Bonchev–Trinajstić information content (AvgIpc) is 2.96. The van der Waals surface area contributed by atoms with Crippen LogP contribution >= 0.6 is 49.9 Å². The zero-order valence-electron chi connectivity index (χ0n) is 9.99. The highest BCUT2D eigenvalue weighted by Gasteiger charge is 2.18. The number of hydrogen-bond acceptors (Lipinski definition) is 4. The first kappa shape index (κ1) is 12.8. The number of aryl methyl sites for hydroxylation is 1. The molecule has 3 aromatic rings. The summed E-state index contributed by atoms with van der Waals surface area (Å²) in [6.07, 6.45) is 0. The van der Waals surface area contributed by atoms with Gasteiger partial charge in [0.15, 0.2) is 0 Å². The third-order valence-electron chi connectivity index (χ3n) is 2.89. The van der Waals surface area contributed by atoms with Crippen molar-refractivity contribution in [2.45, 2.75) is 13.0 Å². The molecule has 0 amide bonds. The van der Waals surface area contributed by atoms with E-state index in [4.69, 9.17) is 0 Å². The lowest BCUT2D eigenvalue weighted by molar-refractivity contribution is 0.716. The summed E-state index contributed by atoms with van der Waals surface area (Å²) < 4.78 is 3.99. The zero-order valence-corrected chi connectivity index (χ0v) is 14.0. The van der Waals surface area contributed by atoms with Crippen LogP contribution in [0.3, 0.4) is 0 Å². The Bertz CT molecular complexity index is 631. The van der Waals surface area contributed by atoms with Gasteiger partial charge in [-0.05, 0) is 53.5 Å². The lowest BCUT2D eigenvalue weighted by Gasteiger charge is -2.11. The number of nitrogens with one attached hydrogen (secondary N) is 1. The third kappa shape index (κ3) is 2.18. The summed E-state index contributed by atoms with van der Waals surface area (Å²) in [6, 6.07) is 7.06. The Morgan fingerprint density at radius 1 is 1.17 bits per heavy atom. The van der Waals surface area contributed by atoms with Gasteiger partial charge >= 0.3 is 0 Å². The maximum Gasteiger partial charge on any atom is 0.0763 e. The summed E-state index contributed by atoms with van der Waals surface area (Å²) in [5, 5.41) is 5.59. The molecule has 0 radical (unpaired) electrons. The molecule has 3 heterocycles. The molecule has 0 saturated heterocycles. The summed E-state index contributed by atoms with van der Waals surface area (Å²) in [7, 11) is 2.03. The van der Waals surface area contributed by atoms with Crippen LogP contribution in [-0.2, 0) is 0 Å². The molecule has 1 N–H and O–H groups in total. The van der Waals surface area contributed by atoms with Gasteiger partial charge in [0.1, 0.15) is 0 Å². The Kier molecular flexibility index (Phi) is 3.60. The van der Waals surface area contributed by atoms with Crippen LogP contribution in [0.15, 0.2) is 28.1 Å². The first-order valence-electron chi connectivity index (χ1n) is 5.59. The summed E-state index contributed by atoms with van der Waals surface area (Å²) in [6.45, 7) is 2.15. The van der Waals surface area contributed by atoms with Crippen molar-refractivity contribution >= 4 is 59.3 Å². The van der Waals surface area contributed by atoms with Crippen LogP contribution in [0.25, 0.3) is 9.40 Å². The summed E-state index contributed by atoms with van der Waals surface area (Å²) >= 11 is 9.16. The van der Waals surface area contributed by atoms with E-state index in [2.05, 4.69) is 51.7 Å². The van der Waals surface area contributed by atoms with Crippen LogP contribution in [0.1, 0.15) is 20.7 Å². The highest BCUT2D eigenvalue weighted by Crippen LogP contribution is 2.39. The highest BCUT2D eigenvalue weighted by atomic mass is 79.9. The molecule has 3 rings (SSSR count). The number of rotatable bonds is 3. The van der Waals surface area contributed by atoms with Crippen molar-refractivity contribution in [3.05, 3.63) is 42.7 Å². The third-order valence-corrected chi connectivity index (χ3v) is 7.25. The van der Waals surface area contributed by atoms with Crippen LogP contribution < -0.4 is 5.32 Å². The number of thiophene rings is 3. The van der Waals surface area contributed by atoms with E-state index in [9.17, 15) is 0 Å². The van der Waals surface area contributed by atoms with Crippen LogP contribution in [0.4, 0.5) is 0 Å². The molecule has 3 aromatic heterocycles. The molecule has 0 spiro atoms. The Morgan fingerprint density at radius 2 is 1.94 bits per heavy atom. The number of halogens is 1. The zero-order chi connectivity index (χ0) is 12.7. The minimum Gasteiger partial charge on any atom is -0.308 e. The fourth-order valence-electron chi connectivity index (χ4n) is 1.98. The second kappa shape index (κ2) is 5.06. The van der Waals surface area contributed by atoms with Gasteiger partial charge in [0, 0.05) is 28.5 Å². The van der Waals surface area contributed by atoms with Crippen molar-refractivity contribution in [3.8, 4) is 0 Å². The maximum absolute atomic E-state index is 3.60. The van der Waals surface area contributed by atoms with Crippen molar-refractivity contribution in [3.63, 3.8) is 0 Å². The lowest BCUT2D eigenvalue weighted by atomic mass is 10.2. The Hall–Kier alpha value is -0.200. The summed E-state index contributed by atoms with van der Waals surface area (Å²) in [5.74, 6) is 0. The van der Waals surface area contributed by atoms with Gasteiger partial charge < -0.3 is 5.32 Å². The average molecular weight is 358 g/mol. The van der Waals surface area contributed by atoms with E-state index in [1.165, 1.54) is 28.5 Å². The summed E-state index contributed by atoms with van der Waals surface area (Å²) in [4.78, 5) is 4.10. The quantitative estimate of drug-likeness (QED) is 0.661. The van der Waals surface area contributed by atoms with Gasteiger partial charge in [-0.15, -0.1) is 34.0 Å². The van der Waals surface area contributed by atoms with Crippen LogP contribution in [0.2, 0.25) is 0 Å². The van der Waals surface area contributed by atoms with Crippen molar-refractivity contribution in [1.82, 2.24) is 5.32 Å². The first-order valence-corrected chi connectivity index (χ1v) is 8.89. The molecule has 0 saturated carbocycles. The molecule has 0 fully saturated rings. The SMILES string of the molecule is CNC(c1cc(Br)c(C)s1)c1cc2sccc2s1. The topological polar surface area (TPSA) is 12.0 Å². The van der Waals surface area contributed by atoms with Gasteiger partial charge in [-0.2, -0.15) is 0 Å². The van der Waals surface area contributed by atoms with Crippen molar-refractivity contribution < 1.29 is 0 Å². The predicted octanol–water partition coefficient (Wildman–Crippen LogP) is 5.40. The predicted molar refractivity (Wildman–Crippen MR) is 87.4 cm³/mol. The van der Waals surface area contributed by atoms with E-state index < -0.39 is 0 Å². The van der Waals surface area contributed by atoms with Crippen molar-refractivity contribution in [2.24, 2.45) is 0 Å². The Labute approximate surface area is 127 Å². The molecule has 0 aliphatic carbocycles. The van der Waals surface area contributed by atoms with Gasteiger partial charge in [0.05, 0.1) is 6.04 Å². The molecule has 0 bridgehead atoms. The van der Waals surface area contributed by atoms with Gasteiger partial charge in [0.25, 0.3) is 0 Å². The highest BCUT2D eigenvalue weighted by molar-refractivity contribution is 9.10. The van der Waals surface area contributed by atoms with E-state index in [0.29, 0.717) is 6.04 Å². The first-order chi connectivity index (χ1) is 8.69. The second-order valence-corrected chi connectivity index (χ2v) is 8.28. The molecule has 5 heteroatoms. The smallest absolute Gasteiger partial charge is 0.0763 e. The van der Waals surface area contributed by atoms with Crippen molar-refractivity contribution in [1.29, 1.82) is 0 Å². The fraction of sp³-hybridized carbons (Fsp3) is 0.231. The molecular weight excluding hydrogens is 346 g/mol. The maximum atomic E-state index is 3.60. The molecule has 18 heavy (non-hydrogen) atoms. The van der Waals surface area contributed by atoms with Crippen LogP contribution in [-0.4, -0.2) is 7.05 Å². The molecule has 94 valence electrons. The van der Waals surface area contributed by atoms with Gasteiger partial charge in [0.2, 0.25) is 0 Å². The van der Waals surface area contributed by atoms with Gasteiger partial charge in [-0.1, -0.05) is 0 Å². The largest absolute Gasteiger partial charge is 0.308 e. The number of fused-ring (bicyclic) bond motifs is 1. The second-order valence-electron chi connectivity index (χ2n) is 4.07. The monoisotopic (exact) mass is 357 g/mol. The number of hydrogen-bond donors (Lipinski definition) is 1. The fourth-order valence-corrected chi connectivity index (χ4v) is 5.99. The molecule has 0 aliphatic rings. The van der Waals surface area contributed by atoms with Gasteiger partial charge in [-0.25, -0.2) is 0 Å².